The number of nitrogens with zero attached hydrogens (tertiary/aromatic N) is 3. The molecule has 1 saturated heterocycles. The number of ether oxygens (including phenoxy) is 2. The summed E-state index contributed by atoms with van der Waals surface area (Å²) in [7, 11) is 2.92. The summed E-state index contributed by atoms with van der Waals surface area (Å²) in [4.78, 5) is 44.6. The smallest absolute Gasteiger partial charge is 0.283 e. The minimum Gasteiger partial charge on any atom is -0.497 e. The van der Waals surface area contributed by atoms with Crippen LogP contribution in [0.2, 0.25) is 0 Å². The van der Waals surface area contributed by atoms with Crippen LogP contribution in [0, 0.1) is 0 Å². The van der Waals surface area contributed by atoms with Crippen molar-refractivity contribution in [2.45, 2.75) is 0 Å². The van der Waals surface area contributed by atoms with E-state index in [1.807, 2.05) is 23.1 Å². The van der Waals surface area contributed by atoms with Gasteiger partial charge in [-0.3, -0.25) is 14.4 Å². The summed E-state index contributed by atoms with van der Waals surface area (Å²) in [6.07, 6.45) is 0. The van der Waals surface area contributed by atoms with Crippen molar-refractivity contribution in [3.63, 3.8) is 0 Å². The third-order valence-corrected chi connectivity index (χ3v) is 7.07. The average molecular weight is 547 g/mol. The molecular formula is C29H27ClN4O5. The van der Waals surface area contributed by atoms with Gasteiger partial charge in [0.1, 0.15) is 22.2 Å². The maximum Gasteiger partial charge on any atom is 0.283 e. The van der Waals surface area contributed by atoms with Crippen LogP contribution in [0.15, 0.2) is 83.5 Å². The Morgan fingerprint density at radius 1 is 0.846 bits per heavy atom. The number of hydrogen-bond donors (Lipinski definition) is 1. The molecule has 0 saturated carbocycles. The largest absolute Gasteiger partial charge is 0.497 e. The number of carbonyl (C=O) groups is 3. The first kappa shape index (κ1) is 26.1. The molecule has 0 radical (unpaired) electrons. The summed E-state index contributed by atoms with van der Waals surface area (Å²) in [5, 5.41) is 2.68. The van der Waals surface area contributed by atoms with Crippen molar-refractivity contribution in [1.82, 2.24) is 4.90 Å². The van der Waals surface area contributed by atoms with Crippen LogP contribution in [0.1, 0.15) is 10.4 Å². The van der Waals surface area contributed by atoms with Gasteiger partial charge in [-0.1, -0.05) is 35.9 Å². The first-order valence-corrected chi connectivity index (χ1v) is 12.8. The lowest BCUT2D eigenvalue weighted by Gasteiger charge is -2.36. The Hall–Kier alpha value is -4.50. The zero-order valence-electron chi connectivity index (χ0n) is 21.5. The summed E-state index contributed by atoms with van der Waals surface area (Å²) in [6.45, 7) is 2.64. The molecule has 1 fully saturated rings. The molecule has 3 amide bonds. The van der Waals surface area contributed by atoms with E-state index in [2.05, 4.69) is 22.3 Å². The van der Waals surface area contributed by atoms with Gasteiger partial charge in [0.25, 0.3) is 17.7 Å². The second-order valence-corrected chi connectivity index (χ2v) is 9.37. The summed E-state index contributed by atoms with van der Waals surface area (Å²) < 4.78 is 10.6. The highest BCUT2D eigenvalue weighted by molar-refractivity contribution is 6.53. The Morgan fingerprint density at radius 2 is 1.59 bits per heavy atom. The van der Waals surface area contributed by atoms with Crippen LogP contribution in [0.4, 0.5) is 17.1 Å². The van der Waals surface area contributed by atoms with Gasteiger partial charge in [-0.05, 0) is 42.5 Å². The molecule has 0 bridgehead atoms. The van der Waals surface area contributed by atoms with E-state index in [0.717, 1.165) is 23.7 Å². The molecule has 2 heterocycles. The summed E-state index contributed by atoms with van der Waals surface area (Å²) >= 11 is 6.33. The third-order valence-electron chi connectivity index (χ3n) is 6.72. The quantitative estimate of drug-likeness (QED) is 0.446. The highest BCUT2D eigenvalue weighted by atomic mass is 35.5. The van der Waals surface area contributed by atoms with E-state index in [1.165, 1.54) is 20.3 Å². The molecule has 3 aromatic carbocycles. The summed E-state index contributed by atoms with van der Waals surface area (Å²) in [6, 6.07) is 21.7. The van der Waals surface area contributed by atoms with Gasteiger partial charge >= 0.3 is 0 Å². The Bertz CT molecular complexity index is 1450. The number of nitrogens with one attached hydrogen (secondary N) is 1. The minimum atomic E-state index is -0.695. The van der Waals surface area contributed by atoms with Gasteiger partial charge in [0, 0.05) is 49.2 Å². The van der Waals surface area contributed by atoms with E-state index >= 15 is 0 Å². The van der Waals surface area contributed by atoms with Gasteiger partial charge in [0.15, 0.2) is 0 Å². The highest BCUT2D eigenvalue weighted by Gasteiger charge is 2.40. The van der Waals surface area contributed by atoms with Gasteiger partial charge in [-0.2, -0.15) is 0 Å². The highest BCUT2D eigenvalue weighted by Crippen LogP contribution is 2.38. The number of para-hydroxylation sites is 1. The minimum absolute atomic E-state index is 0.0902. The molecule has 0 aromatic heterocycles. The molecule has 0 atom stereocenters. The van der Waals surface area contributed by atoms with E-state index < -0.39 is 11.8 Å². The molecule has 0 aliphatic carbocycles. The maximum atomic E-state index is 13.3. The second-order valence-electron chi connectivity index (χ2n) is 8.99. The molecule has 0 spiro atoms. The maximum absolute atomic E-state index is 13.3. The zero-order chi connectivity index (χ0) is 27.5. The van der Waals surface area contributed by atoms with Crippen molar-refractivity contribution in [2.75, 3.05) is 55.5 Å². The lowest BCUT2D eigenvalue weighted by molar-refractivity contribution is -0.120. The van der Waals surface area contributed by atoms with Crippen LogP contribution < -0.4 is 24.6 Å². The molecule has 39 heavy (non-hydrogen) atoms. The Labute approximate surface area is 231 Å². The van der Waals surface area contributed by atoms with Gasteiger partial charge in [0.2, 0.25) is 0 Å². The van der Waals surface area contributed by atoms with E-state index in [4.69, 9.17) is 21.1 Å². The summed E-state index contributed by atoms with van der Waals surface area (Å²) in [5.41, 5.74) is 2.18. The molecule has 9 nitrogen and oxygen atoms in total. The molecule has 200 valence electrons. The first-order valence-electron chi connectivity index (χ1n) is 12.4. The van der Waals surface area contributed by atoms with Crippen molar-refractivity contribution in [3.8, 4) is 11.5 Å². The van der Waals surface area contributed by atoms with E-state index in [9.17, 15) is 14.4 Å². The summed E-state index contributed by atoms with van der Waals surface area (Å²) in [5.74, 6) is -0.699. The van der Waals surface area contributed by atoms with Crippen molar-refractivity contribution in [2.24, 2.45) is 0 Å². The van der Waals surface area contributed by atoms with Crippen molar-refractivity contribution in [3.05, 3.63) is 89.1 Å². The third kappa shape index (κ3) is 5.13. The Morgan fingerprint density at radius 3 is 2.28 bits per heavy atom. The number of carbonyl (C=O) groups excluding carboxylic acids is 3. The predicted octanol–water partition coefficient (Wildman–Crippen LogP) is 4.10. The molecule has 2 aliphatic rings. The molecule has 1 N–H and O–H groups in total. The van der Waals surface area contributed by atoms with Gasteiger partial charge in [-0.25, -0.2) is 4.90 Å². The number of anilines is 3. The molecule has 3 aromatic rings. The molecule has 2 aliphatic heterocycles. The Balaban J connectivity index is 1.30. The lowest BCUT2D eigenvalue weighted by atomic mass is 10.1. The number of methoxy groups -OCH3 is 2. The SMILES string of the molecule is COc1ccc(OC)c(N2C(=O)C(Cl)=C(Nc3cccc(C(=O)N4CCN(c5ccccc5)CC4)c3)C2=O)c1. The van der Waals surface area contributed by atoms with Crippen LogP contribution in [-0.4, -0.2) is 63.0 Å². The predicted molar refractivity (Wildman–Crippen MR) is 150 cm³/mol. The van der Waals surface area contributed by atoms with Crippen LogP contribution in [0.25, 0.3) is 0 Å². The number of piperazine rings is 1. The van der Waals surface area contributed by atoms with E-state index in [1.54, 1.807) is 36.4 Å². The lowest BCUT2D eigenvalue weighted by Crippen LogP contribution is -2.48. The number of halogens is 1. The van der Waals surface area contributed by atoms with Gasteiger partial charge in [0.05, 0.1) is 19.9 Å². The van der Waals surface area contributed by atoms with E-state index in [0.29, 0.717) is 35.8 Å². The van der Waals surface area contributed by atoms with Gasteiger partial charge < -0.3 is 24.6 Å². The Kier molecular flexibility index (Phi) is 7.42. The fraction of sp³-hybridized carbons (Fsp3) is 0.207. The van der Waals surface area contributed by atoms with Crippen LogP contribution in [-0.2, 0) is 9.59 Å². The molecular weight excluding hydrogens is 520 g/mol. The second kappa shape index (κ2) is 11.1. The fourth-order valence-corrected chi connectivity index (χ4v) is 4.88. The number of benzene rings is 3. The molecule has 5 rings (SSSR count). The monoisotopic (exact) mass is 546 g/mol. The number of amides is 3. The van der Waals surface area contributed by atoms with Crippen LogP contribution in [0.3, 0.4) is 0 Å². The normalized spacial score (nSPS) is 15.6. The van der Waals surface area contributed by atoms with Crippen molar-refractivity contribution in [1.29, 1.82) is 0 Å². The topological polar surface area (TPSA) is 91.4 Å². The van der Waals surface area contributed by atoms with Crippen molar-refractivity contribution >= 4 is 46.4 Å². The number of rotatable bonds is 7. The first-order chi connectivity index (χ1) is 18.9. The fourth-order valence-electron chi connectivity index (χ4n) is 4.67. The standard InChI is InChI=1S/C29H27ClN4O5/c1-38-22-11-12-24(39-2)23(18-22)34-28(36)25(30)26(29(34)37)31-20-8-6-7-19(17-20)27(35)33-15-13-32(14-16-33)21-9-4-3-5-10-21/h3-12,17-18,31H,13-16H2,1-2H3. The van der Waals surface area contributed by atoms with E-state index in [-0.39, 0.29) is 22.3 Å². The van der Waals surface area contributed by atoms with Crippen molar-refractivity contribution < 1.29 is 23.9 Å². The molecule has 10 heteroatoms. The average Bonchev–Trinajstić information content (AvgIpc) is 3.19. The van der Waals surface area contributed by atoms with Crippen LogP contribution in [0.5, 0.6) is 11.5 Å². The zero-order valence-corrected chi connectivity index (χ0v) is 22.3. The number of hydrogen-bond acceptors (Lipinski definition) is 7. The van der Waals surface area contributed by atoms with Gasteiger partial charge in [-0.15, -0.1) is 0 Å². The number of imide groups is 1. The molecule has 0 unspecified atom stereocenters. The van der Waals surface area contributed by atoms with Crippen LogP contribution >= 0.6 is 11.6 Å².